The molecule has 0 heterocycles. The second-order valence-electron chi connectivity index (χ2n) is 4.32. The van der Waals surface area contributed by atoms with Gasteiger partial charge in [-0.2, -0.15) is 0 Å². The highest BCUT2D eigenvalue weighted by atomic mass is 35.5. The van der Waals surface area contributed by atoms with Gasteiger partial charge in [-0.25, -0.2) is 4.79 Å². The van der Waals surface area contributed by atoms with Crippen LogP contribution in [0.1, 0.15) is 32.3 Å². The average molecular weight is 282 g/mol. The molecule has 0 amide bonds. The van der Waals surface area contributed by atoms with E-state index in [2.05, 4.69) is 18.7 Å². The molecular formula is C15H20ClNO2. The summed E-state index contributed by atoms with van der Waals surface area (Å²) in [6.45, 7) is 6.15. The number of rotatable bonds is 7. The number of hydrogen-bond donors (Lipinski definition) is 1. The standard InChI is InChI=1S/C15H20ClNO2/c1-3-5-10-17(4-2)14-8-6-12(11-13(14)16)7-9-15(18)19/h6-9,11H,3-5,10H2,1-2H3,(H,18,19)/b9-7+. The van der Waals surface area contributed by atoms with Crippen LogP contribution in [0.25, 0.3) is 6.08 Å². The van der Waals surface area contributed by atoms with Crippen molar-refractivity contribution in [3.05, 3.63) is 34.9 Å². The second kappa shape index (κ2) is 7.85. The number of anilines is 1. The molecule has 1 rings (SSSR count). The third-order valence-corrected chi connectivity index (χ3v) is 3.20. The third kappa shape index (κ3) is 4.95. The molecule has 1 N–H and O–H groups in total. The molecule has 0 spiro atoms. The lowest BCUT2D eigenvalue weighted by atomic mass is 10.1. The predicted molar refractivity (Wildman–Crippen MR) is 80.9 cm³/mol. The van der Waals surface area contributed by atoms with Crippen molar-refractivity contribution < 1.29 is 9.90 Å². The van der Waals surface area contributed by atoms with Crippen molar-refractivity contribution in [1.29, 1.82) is 0 Å². The molecule has 0 aliphatic rings. The number of carbonyl (C=O) groups is 1. The number of nitrogens with zero attached hydrogens (tertiary/aromatic N) is 1. The predicted octanol–water partition coefficient (Wildman–Crippen LogP) is 4.06. The molecule has 4 heteroatoms. The van der Waals surface area contributed by atoms with Crippen LogP contribution in [-0.2, 0) is 4.79 Å². The minimum atomic E-state index is -0.960. The molecule has 1 aromatic rings. The van der Waals surface area contributed by atoms with Gasteiger partial charge in [0.05, 0.1) is 10.7 Å². The average Bonchev–Trinajstić information content (AvgIpc) is 2.39. The zero-order chi connectivity index (χ0) is 14.3. The number of unbranched alkanes of at least 4 members (excludes halogenated alkanes) is 1. The molecule has 19 heavy (non-hydrogen) atoms. The van der Waals surface area contributed by atoms with Crippen LogP contribution in [0.3, 0.4) is 0 Å². The lowest BCUT2D eigenvalue weighted by Gasteiger charge is -2.24. The Morgan fingerprint density at radius 3 is 2.68 bits per heavy atom. The van der Waals surface area contributed by atoms with Crippen LogP contribution in [0.5, 0.6) is 0 Å². The quantitative estimate of drug-likeness (QED) is 0.766. The lowest BCUT2D eigenvalue weighted by Crippen LogP contribution is -2.24. The topological polar surface area (TPSA) is 40.5 Å². The van der Waals surface area contributed by atoms with Gasteiger partial charge in [-0.1, -0.05) is 31.0 Å². The smallest absolute Gasteiger partial charge is 0.328 e. The van der Waals surface area contributed by atoms with Crippen LogP contribution >= 0.6 is 11.6 Å². The molecule has 0 saturated heterocycles. The Hall–Kier alpha value is -1.48. The van der Waals surface area contributed by atoms with Gasteiger partial charge in [0.15, 0.2) is 0 Å². The van der Waals surface area contributed by atoms with Gasteiger partial charge in [0.25, 0.3) is 0 Å². The highest BCUT2D eigenvalue weighted by molar-refractivity contribution is 6.33. The number of hydrogen-bond acceptors (Lipinski definition) is 2. The van der Waals surface area contributed by atoms with Gasteiger partial charge in [-0.15, -0.1) is 0 Å². The molecule has 3 nitrogen and oxygen atoms in total. The summed E-state index contributed by atoms with van der Waals surface area (Å²) in [6, 6.07) is 5.63. The summed E-state index contributed by atoms with van der Waals surface area (Å²) >= 11 is 6.27. The summed E-state index contributed by atoms with van der Waals surface area (Å²) in [6.07, 6.45) is 4.93. The third-order valence-electron chi connectivity index (χ3n) is 2.89. The van der Waals surface area contributed by atoms with Crippen LogP contribution in [-0.4, -0.2) is 24.2 Å². The van der Waals surface area contributed by atoms with Gasteiger partial charge in [0.2, 0.25) is 0 Å². The summed E-state index contributed by atoms with van der Waals surface area (Å²) in [7, 11) is 0. The number of halogens is 1. The molecule has 0 radical (unpaired) electrons. The summed E-state index contributed by atoms with van der Waals surface area (Å²) in [5, 5.41) is 9.25. The van der Waals surface area contributed by atoms with E-state index in [4.69, 9.17) is 16.7 Å². The highest BCUT2D eigenvalue weighted by Gasteiger charge is 2.08. The fourth-order valence-electron chi connectivity index (χ4n) is 1.85. The summed E-state index contributed by atoms with van der Waals surface area (Å²) in [5.41, 5.74) is 1.80. The van der Waals surface area contributed by atoms with Crippen molar-refractivity contribution in [1.82, 2.24) is 0 Å². The first-order chi connectivity index (χ1) is 9.08. The van der Waals surface area contributed by atoms with Gasteiger partial charge in [0, 0.05) is 19.2 Å². The number of aliphatic carboxylic acids is 1. The first-order valence-corrected chi connectivity index (χ1v) is 6.91. The van der Waals surface area contributed by atoms with Gasteiger partial charge >= 0.3 is 5.97 Å². The molecule has 0 atom stereocenters. The van der Waals surface area contributed by atoms with E-state index < -0.39 is 5.97 Å². The SMILES string of the molecule is CCCCN(CC)c1ccc(/C=C/C(=O)O)cc1Cl. The van der Waals surface area contributed by atoms with Crippen molar-refractivity contribution in [3.8, 4) is 0 Å². The Labute approximate surface area is 119 Å². The molecule has 0 aliphatic carbocycles. The molecular weight excluding hydrogens is 262 g/mol. The molecule has 0 saturated carbocycles. The maximum Gasteiger partial charge on any atom is 0.328 e. The van der Waals surface area contributed by atoms with E-state index in [0.717, 1.165) is 43.3 Å². The van der Waals surface area contributed by atoms with Crippen LogP contribution in [0, 0.1) is 0 Å². The van der Waals surface area contributed by atoms with Crippen molar-refractivity contribution >= 4 is 29.3 Å². The molecule has 0 fully saturated rings. The number of carboxylic acid groups (broad SMARTS) is 1. The van der Waals surface area contributed by atoms with Gasteiger partial charge in [-0.3, -0.25) is 0 Å². The maximum absolute atomic E-state index is 10.5. The van der Waals surface area contributed by atoms with Crippen molar-refractivity contribution in [2.45, 2.75) is 26.7 Å². The van der Waals surface area contributed by atoms with E-state index >= 15 is 0 Å². The van der Waals surface area contributed by atoms with Gasteiger partial charge in [0.1, 0.15) is 0 Å². The summed E-state index contributed by atoms with van der Waals surface area (Å²) in [4.78, 5) is 12.7. The molecule has 104 valence electrons. The van der Waals surface area contributed by atoms with E-state index in [9.17, 15) is 4.79 Å². The Morgan fingerprint density at radius 1 is 1.42 bits per heavy atom. The first kappa shape index (κ1) is 15.6. The minimum Gasteiger partial charge on any atom is -0.478 e. The molecule has 0 unspecified atom stereocenters. The fourth-order valence-corrected chi connectivity index (χ4v) is 2.16. The number of carboxylic acids is 1. The van der Waals surface area contributed by atoms with Crippen molar-refractivity contribution in [2.75, 3.05) is 18.0 Å². The van der Waals surface area contributed by atoms with Crippen LogP contribution in [0.2, 0.25) is 5.02 Å². The fraction of sp³-hybridized carbons (Fsp3) is 0.400. The lowest BCUT2D eigenvalue weighted by molar-refractivity contribution is -0.131. The van der Waals surface area contributed by atoms with E-state index in [1.807, 2.05) is 12.1 Å². The highest BCUT2D eigenvalue weighted by Crippen LogP contribution is 2.27. The van der Waals surface area contributed by atoms with Crippen molar-refractivity contribution in [2.24, 2.45) is 0 Å². The number of benzene rings is 1. The Morgan fingerprint density at radius 2 is 2.16 bits per heavy atom. The largest absolute Gasteiger partial charge is 0.478 e. The summed E-state index contributed by atoms with van der Waals surface area (Å²) < 4.78 is 0. The van der Waals surface area contributed by atoms with Crippen LogP contribution < -0.4 is 4.90 Å². The van der Waals surface area contributed by atoms with Crippen LogP contribution in [0.4, 0.5) is 5.69 Å². The normalized spacial score (nSPS) is 10.9. The van der Waals surface area contributed by atoms with E-state index in [1.54, 1.807) is 12.1 Å². The van der Waals surface area contributed by atoms with E-state index in [1.165, 1.54) is 0 Å². The molecule has 0 bridgehead atoms. The molecule has 0 aromatic heterocycles. The Kier molecular flexibility index (Phi) is 6.43. The Balaban J connectivity index is 2.89. The molecule has 1 aromatic carbocycles. The van der Waals surface area contributed by atoms with Crippen molar-refractivity contribution in [3.63, 3.8) is 0 Å². The zero-order valence-electron chi connectivity index (χ0n) is 11.4. The van der Waals surface area contributed by atoms with E-state index in [-0.39, 0.29) is 0 Å². The Bertz CT molecular complexity index is 457. The maximum atomic E-state index is 10.5. The van der Waals surface area contributed by atoms with E-state index in [0.29, 0.717) is 5.02 Å². The zero-order valence-corrected chi connectivity index (χ0v) is 12.2. The summed E-state index contributed by atoms with van der Waals surface area (Å²) in [5.74, 6) is -0.960. The molecule has 0 aliphatic heterocycles. The van der Waals surface area contributed by atoms with Gasteiger partial charge < -0.3 is 10.0 Å². The monoisotopic (exact) mass is 281 g/mol. The van der Waals surface area contributed by atoms with Crippen LogP contribution in [0.15, 0.2) is 24.3 Å². The first-order valence-electron chi connectivity index (χ1n) is 6.54. The van der Waals surface area contributed by atoms with Gasteiger partial charge in [-0.05, 0) is 37.1 Å². The minimum absolute atomic E-state index is 0.658. The second-order valence-corrected chi connectivity index (χ2v) is 4.72.